The lowest BCUT2D eigenvalue weighted by molar-refractivity contribution is -0.123. The molecule has 1 aliphatic rings. The molecule has 0 radical (unpaired) electrons. The first-order valence-electron chi connectivity index (χ1n) is 11.5. The Morgan fingerprint density at radius 2 is 1.76 bits per heavy atom. The number of methoxy groups -OCH3 is 1. The van der Waals surface area contributed by atoms with E-state index >= 15 is 0 Å². The SMILES string of the molecule is COc1cc(/C=C2\SC(=O)N(CCOc3cc(C)ccc3C)C2=O)cc(Br)c1OC(=O)c1ccccc1Br. The minimum Gasteiger partial charge on any atom is -0.493 e. The number of thioether (sulfide) groups is 1. The fourth-order valence-electron chi connectivity index (χ4n) is 3.65. The van der Waals surface area contributed by atoms with E-state index in [4.69, 9.17) is 14.2 Å². The minimum atomic E-state index is -0.562. The molecule has 1 fully saturated rings. The normalized spacial score (nSPS) is 14.2. The van der Waals surface area contributed by atoms with Crippen molar-refractivity contribution in [2.75, 3.05) is 20.3 Å². The van der Waals surface area contributed by atoms with Gasteiger partial charge >= 0.3 is 5.97 Å². The molecule has 38 heavy (non-hydrogen) atoms. The molecule has 0 saturated carbocycles. The molecule has 0 spiro atoms. The number of carbonyl (C=O) groups excluding carboxylic acids is 3. The van der Waals surface area contributed by atoms with Crippen molar-refractivity contribution in [3.05, 3.63) is 90.7 Å². The highest BCUT2D eigenvalue weighted by molar-refractivity contribution is 9.10. The van der Waals surface area contributed by atoms with Gasteiger partial charge in [-0.05, 0) is 111 Å². The van der Waals surface area contributed by atoms with Crippen LogP contribution in [0.25, 0.3) is 6.08 Å². The van der Waals surface area contributed by atoms with Gasteiger partial charge in [0.25, 0.3) is 11.1 Å². The van der Waals surface area contributed by atoms with Crippen molar-refractivity contribution in [1.82, 2.24) is 4.90 Å². The van der Waals surface area contributed by atoms with Crippen LogP contribution in [-0.2, 0) is 4.79 Å². The first kappa shape index (κ1) is 27.9. The number of amides is 2. The fraction of sp³-hybridized carbons (Fsp3) is 0.179. The summed E-state index contributed by atoms with van der Waals surface area (Å²) in [6.07, 6.45) is 1.60. The van der Waals surface area contributed by atoms with Gasteiger partial charge in [-0.15, -0.1) is 0 Å². The summed E-state index contributed by atoms with van der Waals surface area (Å²) in [6, 6.07) is 16.1. The maximum atomic E-state index is 13.0. The third kappa shape index (κ3) is 6.31. The molecule has 0 atom stereocenters. The molecule has 3 aromatic rings. The molecule has 3 aromatic carbocycles. The molecule has 0 unspecified atom stereocenters. The molecule has 196 valence electrons. The van der Waals surface area contributed by atoms with E-state index in [-0.39, 0.29) is 34.8 Å². The first-order valence-corrected chi connectivity index (χ1v) is 13.9. The van der Waals surface area contributed by atoms with E-state index in [2.05, 4.69) is 31.9 Å². The van der Waals surface area contributed by atoms with Crippen molar-refractivity contribution in [3.63, 3.8) is 0 Å². The van der Waals surface area contributed by atoms with Gasteiger partial charge in [0, 0.05) is 4.47 Å². The van der Waals surface area contributed by atoms with Crippen LogP contribution < -0.4 is 14.2 Å². The molecule has 1 heterocycles. The Bertz CT molecular complexity index is 1460. The second kappa shape index (κ2) is 12.2. The average Bonchev–Trinajstić information content (AvgIpc) is 3.14. The highest BCUT2D eigenvalue weighted by Crippen LogP contribution is 2.39. The van der Waals surface area contributed by atoms with E-state index in [1.54, 1.807) is 42.5 Å². The topological polar surface area (TPSA) is 82.1 Å². The lowest BCUT2D eigenvalue weighted by Gasteiger charge is -2.15. The number of carbonyl (C=O) groups is 3. The molecule has 4 rings (SSSR count). The average molecular weight is 661 g/mol. The number of ether oxygens (including phenoxy) is 3. The number of aryl methyl sites for hydroxylation is 2. The Labute approximate surface area is 241 Å². The Balaban J connectivity index is 1.48. The summed E-state index contributed by atoms with van der Waals surface area (Å²) in [7, 11) is 1.45. The van der Waals surface area contributed by atoms with Crippen molar-refractivity contribution >= 4 is 66.8 Å². The second-order valence-corrected chi connectivity index (χ2v) is 11.1. The summed E-state index contributed by atoms with van der Waals surface area (Å²) in [5.74, 6) is 0.247. The number of imide groups is 1. The number of nitrogens with zero attached hydrogens (tertiary/aromatic N) is 1. The van der Waals surface area contributed by atoms with Crippen molar-refractivity contribution in [2.45, 2.75) is 13.8 Å². The molecule has 0 aromatic heterocycles. The largest absolute Gasteiger partial charge is 0.493 e. The molecule has 2 amide bonds. The van der Waals surface area contributed by atoms with Crippen molar-refractivity contribution in [2.24, 2.45) is 0 Å². The predicted molar refractivity (Wildman–Crippen MR) is 154 cm³/mol. The Morgan fingerprint density at radius 1 is 1.00 bits per heavy atom. The van der Waals surface area contributed by atoms with E-state index in [0.29, 0.717) is 20.1 Å². The van der Waals surface area contributed by atoms with Crippen LogP contribution in [-0.4, -0.2) is 42.3 Å². The number of esters is 1. The number of benzene rings is 3. The minimum absolute atomic E-state index is 0.131. The monoisotopic (exact) mass is 659 g/mol. The highest BCUT2D eigenvalue weighted by atomic mass is 79.9. The summed E-state index contributed by atoms with van der Waals surface area (Å²) in [5, 5.41) is -0.365. The van der Waals surface area contributed by atoms with Crippen LogP contribution in [0.15, 0.2) is 68.4 Å². The lowest BCUT2D eigenvalue weighted by Crippen LogP contribution is -2.32. The van der Waals surface area contributed by atoms with E-state index < -0.39 is 11.9 Å². The predicted octanol–water partition coefficient (Wildman–Crippen LogP) is 7.17. The Hall–Kier alpha value is -3.08. The smallest absolute Gasteiger partial charge is 0.344 e. The summed E-state index contributed by atoms with van der Waals surface area (Å²) >= 11 is 7.64. The van der Waals surface area contributed by atoms with Crippen LogP contribution in [0.5, 0.6) is 17.2 Å². The molecular weight excluding hydrogens is 638 g/mol. The van der Waals surface area contributed by atoms with Crippen LogP contribution in [0.1, 0.15) is 27.0 Å². The van der Waals surface area contributed by atoms with Crippen LogP contribution >= 0.6 is 43.6 Å². The van der Waals surface area contributed by atoms with Gasteiger partial charge in [0.2, 0.25) is 0 Å². The van der Waals surface area contributed by atoms with Crippen molar-refractivity contribution in [3.8, 4) is 17.2 Å². The molecule has 10 heteroatoms. The van der Waals surface area contributed by atoms with Gasteiger partial charge in [0.05, 0.1) is 28.6 Å². The van der Waals surface area contributed by atoms with E-state index in [1.807, 2.05) is 32.0 Å². The highest BCUT2D eigenvalue weighted by Gasteiger charge is 2.35. The fourth-order valence-corrected chi connectivity index (χ4v) is 5.50. The summed E-state index contributed by atoms with van der Waals surface area (Å²) < 4.78 is 17.9. The zero-order valence-corrected chi connectivity index (χ0v) is 24.7. The third-order valence-corrected chi connectivity index (χ3v) is 7.82. The summed E-state index contributed by atoms with van der Waals surface area (Å²) in [6.45, 7) is 4.23. The maximum absolute atomic E-state index is 13.0. The molecular formula is C28H23Br2NO6S. The van der Waals surface area contributed by atoms with Crippen LogP contribution in [0.2, 0.25) is 0 Å². The molecule has 0 N–H and O–H groups in total. The van der Waals surface area contributed by atoms with Crippen LogP contribution in [0.3, 0.4) is 0 Å². The van der Waals surface area contributed by atoms with Gasteiger partial charge < -0.3 is 14.2 Å². The first-order chi connectivity index (χ1) is 18.2. The molecule has 1 saturated heterocycles. The lowest BCUT2D eigenvalue weighted by atomic mass is 10.1. The van der Waals surface area contributed by atoms with Crippen molar-refractivity contribution in [1.29, 1.82) is 0 Å². The van der Waals surface area contributed by atoms with E-state index in [0.717, 1.165) is 28.6 Å². The third-order valence-electron chi connectivity index (χ3n) is 5.63. The van der Waals surface area contributed by atoms with Gasteiger partial charge in [-0.3, -0.25) is 14.5 Å². The zero-order valence-electron chi connectivity index (χ0n) is 20.7. The summed E-state index contributed by atoms with van der Waals surface area (Å²) in [5.41, 5.74) is 3.00. The number of hydrogen-bond acceptors (Lipinski definition) is 7. The molecule has 0 aliphatic carbocycles. The van der Waals surface area contributed by atoms with E-state index in [9.17, 15) is 14.4 Å². The number of hydrogen-bond donors (Lipinski definition) is 0. The number of rotatable bonds is 8. The molecule has 0 bridgehead atoms. The van der Waals surface area contributed by atoms with Gasteiger partial charge in [0.1, 0.15) is 12.4 Å². The van der Waals surface area contributed by atoms with Crippen LogP contribution in [0.4, 0.5) is 4.79 Å². The number of halogens is 2. The van der Waals surface area contributed by atoms with E-state index in [1.165, 1.54) is 12.0 Å². The second-order valence-electron chi connectivity index (χ2n) is 8.35. The molecule has 1 aliphatic heterocycles. The Morgan fingerprint density at radius 3 is 2.50 bits per heavy atom. The van der Waals surface area contributed by atoms with Gasteiger partial charge in [-0.25, -0.2) is 4.79 Å². The Kier molecular flexibility index (Phi) is 8.96. The summed E-state index contributed by atoms with van der Waals surface area (Å²) in [4.78, 5) is 39.7. The standard InChI is InChI=1S/C28H23Br2NO6S/c1-16-8-9-17(2)22(12-16)36-11-10-31-26(32)24(38-28(31)34)15-18-13-21(30)25(23(14-18)35-3)37-27(33)19-6-4-5-7-20(19)29/h4-9,12-15H,10-11H2,1-3H3/b24-15-. The zero-order chi connectivity index (χ0) is 27.4. The van der Waals surface area contributed by atoms with Gasteiger partial charge in [-0.1, -0.05) is 24.3 Å². The molecule has 7 nitrogen and oxygen atoms in total. The van der Waals surface area contributed by atoms with Gasteiger partial charge in [-0.2, -0.15) is 0 Å². The van der Waals surface area contributed by atoms with Gasteiger partial charge in [0.15, 0.2) is 11.5 Å². The van der Waals surface area contributed by atoms with Crippen molar-refractivity contribution < 1.29 is 28.6 Å². The maximum Gasteiger partial charge on any atom is 0.344 e. The van der Waals surface area contributed by atoms with Crippen LogP contribution in [0, 0.1) is 13.8 Å². The quantitative estimate of drug-likeness (QED) is 0.144.